The number of hydrogen-bond acceptors (Lipinski definition) is 3. The SMILES string of the molecule is Cc1cnn(CCn2cncc2C2CCNC2)c1. The Bertz CT molecular complexity index is 507. The maximum Gasteiger partial charge on any atom is 0.0948 e. The van der Waals surface area contributed by atoms with E-state index in [0.717, 1.165) is 26.2 Å². The molecular weight excluding hydrogens is 226 g/mol. The second-order valence-electron chi connectivity index (χ2n) is 4.98. The van der Waals surface area contributed by atoms with Crippen LogP contribution < -0.4 is 5.32 Å². The third-order valence-electron chi connectivity index (χ3n) is 3.56. The van der Waals surface area contributed by atoms with E-state index < -0.39 is 0 Å². The van der Waals surface area contributed by atoms with E-state index in [1.807, 2.05) is 23.4 Å². The number of imidazole rings is 1. The van der Waals surface area contributed by atoms with E-state index in [1.165, 1.54) is 17.7 Å². The zero-order valence-electron chi connectivity index (χ0n) is 10.7. The van der Waals surface area contributed by atoms with Gasteiger partial charge >= 0.3 is 0 Å². The van der Waals surface area contributed by atoms with Crippen LogP contribution in [0.4, 0.5) is 0 Å². The first-order chi connectivity index (χ1) is 8.83. The van der Waals surface area contributed by atoms with Gasteiger partial charge in [0, 0.05) is 37.1 Å². The minimum Gasteiger partial charge on any atom is -0.332 e. The monoisotopic (exact) mass is 245 g/mol. The Morgan fingerprint density at radius 1 is 1.39 bits per heavy atom. The van der Waals surface area contributed by atoms with Gasteiger partial charge in [0.25, 0.3) is 0 Å². The lowest BCUT2D eigenvalue weighted by atomic mass is 10.1. The third kappa shape index (κ3) is 2.31. The van der Waals surface area contributed by atoms with E-state index >= 15 is 0 Å². The molecule has 1 aliphatic heterocycles. The quantitative estimate of drug-likeness (QED) is 0.879. The van der Waals surface area contributed by atoms with Gasteiger partial charge in [-0.2, -0.15) is 5.10 Å². The van der Waals surface area contributed by atoms with Gasteiger partial charge in [0.1, 0.15) is 0 Å². The Hall–Kier alpha value is -1.62. The van der Waals surface area contributed by atoms with Crippen LogP contribution in [0.15, 0.2) is 24.9 Å². The Labute approximate surface area is 107 Å². The molecule has 3 heterocycles. The van der Waals surface area contributed by atoms with Gasteiger partial charge < -0.3 is 9.88 Å². The van der Waals surface area contributed by atoms with E-state index in [0.29, 0.717) is 5.92 Å². The number of aryl methyl sites for hydroxylation is 3. The summed E-state index contributed by atoms with van der Waals surface area (Å²) in [6.45, 7) is 6.10. The molecule has 5 nitrogen and oxygen atoms in total. The summed E-state index contributed by atoms with van der Waals surface area (Å²) in [4.78, 5) is 4.29. The van der Waals surface area contributed by atoms with Crippen LogP contribution >= 0.6 is 0 Å². The van der Waals surface area contributed by atoms with Crippen molar-refractivity contribution in [3.63, 3.8) is 0 Å². The van der Waals surface area contributed by atoms with Gasteiger partial charge in [0.05, 0.1) is 19.1 Å². The molecule has 0 saturated carbocycles. The van der Waals surface area contributed by atoms with Crippen LogP contribution in [0.5, 0.6) is 0 Å². The zero-order valence-corrected chi connectivity index (χ0v) is 10.7. The van der Waals surface area contributed by atoms with E-state index in [2.05, 4.69) is 33.1 Å². The molecule has 0 radical (unpaired) electrons. The highest BCUT2D eigenvalue weighted by Crippen LogP contribution is 2.21. The fraction of sp³-hybridized carbons (Fsp3) is 0.538. The lowest BCUT2D eigenvalue weighted by molar-refractivity contribution is 0.511. The second-order valence-corrected chi connectivity index (χ2v) is 4.98. The standard InChI is InChI=1S/C13H19N5/c1-11-6-16-18(9-11)5-4-17-10-15-8-13(17)12-2-3-14-7-12/h6,8-10,12,14H,2-5,7H2,1H3. The van der Waals surface area contributed by atoms with E-state index in [-0.39, 0.29) is 0 Å². The minimum atomic E-state index is 0.617. The summed E-state index contributed by atoms with van der Waals surface area (Å²) in [5.74, 6) is 0.617. The number of aromatic nitrogens is 4. The predicted molar refractivity (Wildman–Crippen MR) is 69.4 cm³/mol. The second kappa shape index (κ2) is 4.94. The molecule has 3 rings (SSSR count). The van der Waals surface area contributed by atoms with Crippen LogP contribution in [0.2, 0.25) is 0 Å². The maximum absolute atomic E-state index is 4.31. The van der Waals surface area contributed by atoms with Crippen molar-refractivity contribution in [2.45, 2.75) is 32.4 Å². The molecule has 1 aliphatic rings. The molecule has 2 aromatic heterocycles. The summed E-state index contributed by atoms with van der Waals surface area (Å²) in [5.41, 5.74) is 2.56. The first-order valence-corrected chi connectivity index (χ1v) is 6.53. The molecule has 1 N–H and O–H groups in total. The van der Waals surface area contributed by atoms with Crippen LogP contribution in [-0.2, 0) is 13.1 Å². The smallest absolute Gasteiger partial charge is 0.0948 e. The number of rotatable bonds is 4. The van der Waals surface area contributed by atoms with Crippen LogP contribution in [0.25, 0.3) is 0 Å². The van der Waals surface area contributed by atoms with Crippen molar-refractivity contribution in [2.24, 2.45) is 0 Å². The van der Waals surface area contributed by atoms with Crippen LogP contribution in [0.1, 0.15) is 23.6 Å². The lowest BCUT2D eigenvalue weighted by Crippen LogP contribution is -2.14. The fourth-order valence-electron chi connectivity index (χ4n) is 2.56. The topological polar surface area (TPSA) is 47.7 Å². The molecule has 0 aromatic carbocycles. The van der Waals surface area contributed by atoms with Crippen molar-refractivity contribution in [1.29, 1.82) is 0 Å². The molecule has 1 saturated heterocycles. The highest BCUT2D eigenvalue weighted by molar-refractivity contribution is 5.09. The maximum atomic E-state index is 4.31. The molecule has 2 aromatic rings. The molecule has 1 atom stereocenters. The van der Waals surface area contributed by atoms with Crippen LogP contribution in [0, 0.1) is 6.92 Å². The van der Waals surface area contributed by atoms with Gasteiger partial charge in [0.2, 0.25) is 0 Å². The van der Waals surface area contributed by atoms with Gasteiger partial charge in [-0.15, -0.1) is 0 Å². The van der Waals surface area contributed by atoms with Gasteiger partial charge in [-0.3, -0.25) is 4.68 Å². The summed E-state index contributed by atoms with van der Waals surface area (Å²) >= 11 is 0. The predicted octanol–water partition coefficient (Wildman–Crippen LogP) is 1.17. The van der Waals surface area contributed by atoms with Crippen molar-refractivity contribution in [3.05, 3.63) is 36.2 Å². The summed E-state index contributed by atoms with van der Waals surface area (Å²) in [7, 11) is 0. The zero-order chi connectivity index (χ0) is 12.4. The minimum absolute atomic E-state index is 0.617. The summed E-state index contributed by atoms with van der Waals surface area (Å²) in [6, 6.07) is 0. The van der Waals surface area contributed by atoms with Crippen molar-refractivity contribution in [2.75, 3.05) is 13.1 Å². The average molecular weight is 245 g/mol. The Kier molecular flexibility index (Phi) is 3.15. The summed E-state index contributed by atoms with van der Waals surface area (Å²) < 4.78 is 4.25. The Morgan fingerprint density at radius 3 is 3.06 bits per heavy atom. The van der Waals surface area contributed by atoms with Gasteiger partial charge in [-0.1, -0.05) is 0 Å². The summed E-state index contributed by atoms with van der Waals surface area (Å²) in [6.07, 6.45) is 9.13. The largest absolute Gasteiger partial charge is 0.332 e. The highest BCUT2D eigenvalue weighted by Gasteiger charge is 2.19. The number of nitrogens with zero attached hydrogens (tertiary/aromatic N) is 4. The molecule has 1 unspecified atom stereocenters. The normalized spacial score (nSPS) is 19.5. The molecule has 0 bridgehead atoms. The third-order valence-corrected chi connectivity index (χ3v) is 3.56. The molecule has 18 heavy (non-hydrogen) atoms. The van der Waals surface area contributed by atoms with Gasteiger partial charge in [-0.05, 0) is 25.5 Å². The molecule has 1 fully saturated rings. The lowest BCUT2D eigenvalue weighted by Gasteiger charge is -2.12. The molecular formula is C13H19N5. The number of hydrogen-bond donors (Lipinski definition) is 1. The first kappa shape index (κ1) is 11.5. The average Bonchev–Trinajstić information content (AvgIpc) is 3.07. The van der Waals surface area contributed by atoms with Crippen LogP contribution in [-0.4, -0.2) is 32.4 Å². The van der Waals surface area contributed by atoms with Crippen molar-refractivity contribution in [1.82, 2.24) is 24.6 Å². The van der Waals surface area contributed by atoms with E-state index in [4.69, 9.17) is 0 Å². The van der Waals surface area contributed by atoms with Gasteiger partial charge in [0.15, 0.2) is 0 Å². The summed E-state index contributed by atoms with van der Waals surface area (Å²) in [5, 5.41) is 7.72. The van der Waals surface area contributed by atoms with Gasteiger partial charge in [-0.25, -0.2) is 4.98 Å². The highest BCUT2D eigenvalue weighted by atomic mass is 15.3. The molecule has 0 aliphatic carbocycles. The van der Waals surface area contributed by atoms with E-state index in [9.17, 15) is 0 Å². The molecule has 0 spiro atoms. The fourth-order valence-corrected chi connectivity index (χ4v) is 2.56. The molecule has 96 valence electrons. The first-order valence-electron chi connectivity index (χ1n) is 6.53. The van der Waals surface area contributed by atoms with Crippen LogP contribution in [0.3, 0.4) is 0 Å². The Balaban J connectivity index is 1.67. The Morgan fingerprint density at radius 2 is 2.33 bits per heavy atom. The van der Waals surface area contributed by atoms with Crippen molar-refractivity contribution < 1.29 is 0 Å². The molecule has 0 amide bonds. The van der Waals surface area contributed by atoms with Crippen molar-refractivity contribution >= 4 is 0 Å². The van der Waals surface area contributed by atoms with Crippen molar-refractivity contribution in [3.8, 4) is 0 Å². The molecule has 5 heteroatoms. The number of nitrogens with one attached hydrogen (secondary N) is 1. The van der Waals surface area contributed by atoms with E-state index in [1.54, 1.807) is 0 Å².